The summed E-state index contributed by atoms with van der Waals surface area (Å²) >= 11 is 0. The molecule has 1 aromatic rings. The van der Waals surface area contributed by atoms with Gasteiger partial charge in [-0.1, -0.05) is 12.5 Å². The van der Waals surface area contributed by atoms with E-state index in [-0.39, 0.29) is 6.10 Å². The van der Waals surface area contributed by atoms with Crippen LogP contribution in [-0.4, -0.2) is 48.6 Å². The highest BCUT2D eigenvalue weighted by molar-refractivity contribution is 5.80. The quantitative estimate of drug-likeness (QED) is 0.667. The summed E-state index contributed by atoms with van der Waals surface area (Å²) in [4.78, 5) is 11.1. The monoisotopic (exact) mass is 328 g/mol. The number of aliphatic imine (C=N–C) groups is 1. The van der Waals surface area contributed by atoms with Gasteiger partial charge in [0, 0.05) is 38.8 Å². The zero-order chi connectivity index (χ0) is 16.4. The average molecular weight is 328 g/mol. The fourth-order valence-corrected chi connectivity index (χ4v) is 4.25. The summed E-state index contributed by atoms with van der Waals surface area (Å²) in [6, 6.07) is 5.80. The number of pyridine rings is 1. The molecule has 0 radical (unpaired) electrons. The van der Waals surface area contributed by atoms with Crippen LogP contribution in [0, 0.1) is 11.3 Å². The van der Waals surface area contributed by atoms with Gasteiger partial charge in [0.1, 0.15) is 6.10 Å². The van der Waals surface area contributed by atoms with E-state index in [4.69, 9.17) is 4.74 Å². The van der Waals surface area contributed by atoms with Crippen LogP contribution in [0.25, 0.3) is 0 Å². The molecule has 2 aliphatic carbocycles. The Bertz CT molecular complexity index is 580. The van der Waals surface area contributed by atoms with Gasteiger partial charge in [-0.3, -0.25) is 4.99 Å². The van der Waals surface area contributed by atoms with Crippen LogP contribution < -0.4 is 10.1 Å². The van der Waals surface area contributed by atoms with Crippen LogP contribution in [0.2, 0.25) is 0 Å². The SMILES string of the molecule is CN=C(NCC1(C2CC2)CCC1)N1CCC(Oc2ccccn2)C1. The lowest BCUT2D eigenvalue weighted by Crippen LogP contribution is -2.48. The second-order valence-electron chi connectivity index (χ2n) is 7.53. The van der Waals surface area contributed by atoms with Crippen LogP contribution in [0.15, 0.2) is 29.4 Å². The summed E-state index contributed by atoms with van der Waals surface area (Å²) in [5.74, 6) is 2.72. The Hall–Kier alpha value is -1.78. The normalized spacial score (nSPS) is 26.1. The van der Waals surface area contributed by atoms with E-state index >= 15 is 0 Å². The number of likely N-dealkylation sites (tertiary alicyclic amines) is 1. The molecule has 3 fully saturated rings. The number of guanidine groups is 1. The molecule has 1 atom stereocenters. The van der Waals surface area contributed by atoms with Crippen molar-refractivity contribution in [2.24, 2.45) is 16.3 Å². The van der Waals surface area contributed by atoms with Gasteiger partial charge >= 0.3 is 0 Å². The lowest BCUT2D eigenvalue weighted by Gasteiger charge is -2.43. The van der Waals surface area contributed by atoms with E-state index in [0.29, 0.717) is 5.41 Å². The molecule has 0 aromatic carbocycles. The number of hydrogen-bond acceptors (Lipinski definition) is 3. The fraction of sp³-hybridized carbons (Fsp3) is 0.684. The highest BCUT2D eigenvalue weighted by atomic mass is 16.5. The molecular formula is C19H28N4O. The highest BCUT2D eigenvalue weighted by Gasteiger charge is 2.49. The Morgan fingerprint density at radius 2 is 2.25 bits per heavy atom. The number of aromatic nitrogens is 1. The summed E-state index contributed by atoms with van der Waals surface area (Å²) in [5, 5.41) is 3.66. The third-order valence-corrected chi connectivity index (χ3v) is 5.97. The first kappa shape index (κ1) is 15.7. The van der Waals surface area contributed by atoms with E-state index in [2.05, 4.69) is 20.2 Å². The van der Waals surface area contributed by atoms with Gasteiger partial charge in [-0.2, -0.15) is 0 Å². The Morgan fingerprint density at radius 1 is 1.38 bits per heavy atom. The lowest BCUT2D eigenvalue weighted by atomic mass is 9.65. The number of rotatable bonds is 5. The maximum absolute atomic E-state index is 5.99. The number of hydrogen-bond donors (Lipinski definition) is 1. The molecule has 5 heteroatoms. The molecule has 1 N–H and O–H groups in total. The van der Waals surface area contributed by atoms with Crippen molar-refractivity contribution >= 4 is 5.96 Å². The van der Waals surface area contributed by atoms with Gasteiger partial charge in [-0.15, -0.1) is 0 Å². The minimum Gasteiger partial charge on any atom is -0.472 e. The Labute approximate surface area is 144 Å². The minimum atomic E-state index is 0.194. The number of nitrogens with zero attached hydrogens (tertiary/aromatic N) is 3. The molecule has 2 heterocycles. The molecule has 3 aliphatic rings. The molecule has 4 rings (SSSR count). The molecule has 1 unspecified atom stereocenters. The van der Waals surface area contributed by atoms with Crippen LogP contribution >= 0.6 is 0 Å². The second kappa shape index (κ2) is 6.61. The smallest absolute Gasteiger partial charge is 0.213 e. The van der Waals surface area contributed by atoms with Crippen LogP contribution in [0.1, 0.15) is 38.5 Å². The number of ether oxygens (including phenoxy) is 1. The first-order valence-electron chi connectivity index (χ1n) is 9.32. The highest BCUT2D eigenvalue weighted by Crippen LogP contribution is 2.56. The molecular weight excluding hydrogens is 300 g/mol. The van der Waals surface area contributed by atoms with Gasteiger partial charge in [0.15, 0.2) is 5.96 Å². The van der Waals surface area contributed by atoms with Gasteiger partial charge in [-0.25, -0.2) is 4.98 Å². The van der Waals surface area contributed by atoms with Gasteiger partial charge in [0.2, 0.25) is 5.88 Å². The summed E-state index contributed by atoms with van der Waals surface area (Å²) in [6.07, 6.45) is 10.1. The van der Waals surface area contributed by atoms with E-state index in [1.807, 2.05) is 25.2 Å². The van der Waals surface area contributed by atoms with Crippen molar-refractivity contribution in [3.63, 3.8) is 0 Å². The van der Waals surface area contributed by atoms with Gasteiger partial charge in [-0.05, 0) is 43.1 Å². The summed E-state index contributed by atoms with van der Waals surface area (Å²) in [7, 11) is 1.89. The summed E-state index contributed by atoms with van der Waals surface area (Å²) in [5.41, 5.74) is 0.569. The van der Waals surface area contributed by atoms with Crippen molar-refractivity contribution in [2.75, 3.05) is 26.7 Å². The predicted molar refractivity (Wildman–Crippen MR) is 95.2 cm³/mol. The van der Waals surface area contributed by atoms with Crippen molar-refractivity contribution in [3.8, 4) is 5.88 Å². The summed E-state index contributed by atoms with van der Waals surface area (Å²) < 4.78 is 5.99. The van der Waals surface area contributed by atoms with Crippen molar-refractivity contribution < 1.29 is 4.74 Å². The predicted octanol–water partition coefficient (Wildman–Crippen LogP) is 2.69. The molecule has 1 aromatic heterocycles. The van der Waals surface area contributed by atoms with Crippen molar-refractivity contribution in [1.82, 2.24) is 15.2 Å². The van der Waals surface area contributed by atoms with Crippen LogP contribution in [-0.2, 0) is 0 Å². The molecule has 0 bridgehead atoms. The van der Waals surface area contributed by atoms with Crippen LogP contribution in [0.3, 0.4) is 0 Å². The van der Waals surface area contributed by atoms with E-state index < -0.39 is 0 Å². The van der Waals surface area contributed by atoms with E-state index in [0.717, 1.165) is 43.8 Å². The minimum absolute atomic E-state index is 0.194. The summed E-state index contributed by atoms with van der Waals surface area (Å²) in [6.45, 7) is 2.97. The van der Waals surface area contributed by atoms with Crippen LogP contribution in [0.4, 0.5) is 0 Å². The van der Waals surface area contributed by atoms with Crippen molar-refractivity contribution in [3.05, 3.63) is 24.4 Å². The van der Waals surface area contributed by atoms with E-state index in [1.165, 1.54) is 32.1 Å². The van der Waals surface area contributed by atoms with Gasteiger partial charge < -0.3 is 15.0 Å². The van der Waals surface area contributed by atoms with E-state index in [1.54, 1.807) is 6.20 Å². The molecule has 0 amide bonds. The molecule has 130 valence electrons. The molecule has 1 saturated heterocycles. The third kappa shape index (κ3) is 3.21. The van der Waals surface area contributed by atoms with E-state index in [9.17, 15) is 0 Å². The third-order valence-electron chi connectivity index (χ3n) is 5.97. The van der Waals surface area contributed by atoms with Crippen molar-refractivity contribution in [2.45, 2.75) is 44.6 Å². The zero-order valence-corrected chi connectivity index (χ0v) is 14.6. The van der Waals surface area contributed by atoms with Crippen molar-refractivity contribution in [1.29, 1.82) is 0 Å². The first-order valence-corrected chi connectivity index (χ1v) is 9.32. The fourth-order valence-electron chi connectivity index (χ4n) is 4.25. The molecule has 5 nitrogen and oxygen atoms in total. The number of nitrogens with one attached hydrogen (secondary N) is 1. The maximum atomic E-state index is 5.99. The molecule has 0 spiro atoms. The maximum Gasteiger partial charge on any atom is 0.213 e. The Morgan fingerprint density at radius 3 is 2.88 bits per heavy atom. The average Bonchev–Trinajstić information content (AvgIpc) is 3.31. The standard InChI is InChI=1S/C19H28N4O/c1-20-18(22-14-19(9-4-10-19)15-6-7-15)23-12-8-16(13-23)24-17-5-2-3-11-21-17/h2-3,5,11,15-16H,4,6-10,12-14H2,1H3,(H,20,22). The Kier molecular flexibility index (Phi) is 4.33. The zero-order valence-electron chi connectivity index (χ0n) is 14.6. The molecule has 2 saturated carbocycles. The second-order valence-corrected chi connectivity index (χ2v) is 7.53. The van der Waals surface area contributed by atoms with Gasteiger partial charge in [0.05, 0.1) is 6.54 Å². The lowest BCUT2D eigenvalue weighted by molar-refractivity contribution is 0.105. The molecule has 1 aliphatic heterocycles. The topological polar surface area (TPSA) is 49.8 Å². The largest absolute Gasteiger partial charge is 0.472 e. The van der Waals surface area contributed by atoms with Gasteiger partial charge in [0.25, 0.3) is 0 Å². The Balaban J connectivity index is 1.30. The van der Waals surface area contributed by atoms with Crippen LogP contribution in [0.5, 0.6) is 5.88 Å². The molecule has 24 heavy (non-hydrogen) atoms. The first-order chi connectivity index (χ1) is 11.8.